The number of para-hydroxylation sites is 1. The largest absolute Gasteiger partial charge is 0.478 e. The highest BCUT2D eigenvalue weighted by atomic mass is 16.4. The number of Topliss-reactive ketones (excluding diaryl/α,β-unsaturated/α-hetero) is 1. The quantitative estimate of drug-likeness (QED) is 0.428. The zero-order valence-electron chi connectivity index (χ0n) is 21.0. The Morgan fingerprint density at radius 2 is 1.74 bits per heavy atom. The third kappa shape index (κ3) is 5.69. The fourth-order valence-corrected chi connectivity index (χ4v) is 4.95. The molecule has 1 fully saturated rings. The van der Waals surface area contributed by atoms with Crippen LogP contribution in [0.25, 0.3) is 0 Å². The first-order valence-corrected chi connectivity index (χ1v) is 12.7. The number of aliphatic imine (C=N–C) groups is 1. The summed E-state index contributed by atoms with van der Waals surface area (Å²) in [5.74, 6) is -1.82. The smallest absolute Gasteiger partial charge is 0.335 e. The molecular weight excluding hydrogens is 498 g/mol. The second kappa shape index (κ2) is 11.3. The SMILES string of the molecule is O=C(Nc1cccc(C(=O)O)c1)N[C@@H]1N=C(c2ccccn2)c2ccccc2N(CC(=O)C2CCCC2)C1=O. The van der Waals surface area contributed by atoms with E-state index in [9.17, 15) is 24.3 Å². The van der Waals surface area contributed by atoms with E-state index in [1.54, 1.807) is 36.5 Å². The van der Waals surface area contributed by atoms with Crippen LogP contribution in [-0.2, 0) is 9.59 Å². The Kier molecular flexibility index (Phi) is 7.44. The number of rotatable bonds is 7. The molecule has 10 heteroatoms. The number of benzodiazepines with no additional fused rings is 1. The number of hydrogen-bond acceptors (Lipinski definition) is 6. The van der Waals surface area contributed by atoms with Crippen LogP contribution in [0.2, 0.25) is 0 Å². The number of carboxylic acid groups (broad SMARTS) is 1. The Hall–Kier alpha value is -4.86. The summed E-state index contributed by atoms with van der Waals surface area (Å²) < 4.78 is 0. The molecule has 10 nitrogen and oxygen atoms in total. The van der Waals surface area contributed by atoms with Gasteiger partial charge in [-0.25, -0.2) is 14.6 Å². The molecule has 1 aliphatic carbocycles. The van der Waals surface area contributed by atoms with Gasteiger partial charge in [-0.05, 0) is 49.2 Å². The van der Waals surface area contributed by atoms with Gasteiger partial charge in [-0.15, -0.1) is 0 Å². The van der Waals surface area contributed by atoms with E-state index in [0.29, 0.717) is 22.7 Å². The van der Waals surface area contributed by atoms with E-state index in [1.165, 1.54) is 29.2 Å². The second-order valence-corrected chi connectivity index (χ2v) is 9.47. The topological polar surface area (TPSA) is 141 Å². The maximum absolute atomic E-state index is 13.9. The minimum absolute atomic E-state index is 0.000789. The van der Waals surface area contributed by atoms with Crippen LogP contribution in [-0.4, -0.2) is 52.2 Å². The van der Waals surface area contributed by atoms with E-state index < -0.39 is 24.1 Å². The van der Waals surface area contributed by atoms with Gasteiger partial charge < -0.3 is 20.6 Å². The molecule has 0 radical (unpaired) electrons. The minimum Gasteiger partial charge on any atom is -0.478 e. The van der Waals surface area contributed by atoms with Crippen molar-refractivity contribution in [2.45, 2.75) is 31.8 Å². The number of carboxylic acids is 1. The Bertz CT molecular complexity index is 1450. The van der Waals surface area contributed by atoms with Gasteiger partial charge in [0.2, 0.25) is 6.17 Å². The normalized spacial score (nSPS) is 17.1. The third-order valence-electron chi connectivity index (χ3n) is 6.88. The Morgan fingerprint density at radius 1 is 0.974 bits per heavy atom. The number of anilines is 2. The zero-order chi connectivity index (χ0) is 27.4. The van der Waals surface area contributed by atoms with Crippen molar-refractivity contribution < 1.29 is 24.3 Å². The van der Waals surface area contributed by atoms with Gasteiger partial charge in [-0.1, -0.05) is 43.2 Å². The molecule has 1 aliphatic heterocycles. The number of hydrogen-bond donors (Lipinski definition) is 3. The van der Waals surface area contributed by atoms with Crippen LogP contribution in [0, 0.1) is 5.92 Å². The van der Waals surface area contributed by atoms with Crippen molar-refractivity contribution in [2.75, 3.05) is 16.8 Å². The number of aromatic nitrogens is 1. The molecule has 0 bridgehead atoms. The first kappa shape index (κ1) is 25.8. The lowest BCUT2D eigenvalue weighted by Gasteiger charge is -2.26. The van der Waals surface area contributed by atoms with Gasteiger partial charge in [0.1, 0.15) is 0 Å². The number of benzene rings is 2. The summed E-state index contributed by atoms with van der Waals surface area (Å²) in [5.41, 5.74) is 2.26. The maximum Gasteiger partial charge on any atom is 0.335 e. The van der Waals surface area contributed by atoms with Crippen molar-refractivity contribution >= 4 is 40.8 Å². The molecule has 39 heavy (non-hydrogen) atoms. The van der Waals surface area contributed by atoms with Gasteiger partial charge in [0.15, 0.2) is 5.78 Å². The summed E-state index contributed by atoms with van der Waals surface area (Å²) >= 11 is 0. The van der Waals surface area contributed by atoms with Crippen molar-refractivity contribution in [2.24, 2.45) is 10.9 Å². The molecule has 2 aromatic carbocycles. The van der Waals surface area contributed by atoms with E-state index in [1.807, 2.05) is 12.1 Å². The monoisotopic (exact) mass is 525 g/mol. The highest BCUT2D eigenvalue weighted by Crippen LogP contribution is 2.30. The van der Waals surface area contributed by atoms with Gasteiger partial charge >= 0.3 is 12.0 Å². The summed E-state index contributed by atoms with van der Waals surface area (Å²) in [6.45, 7) is -0.133. The number of carbonyl (C=O) groups excluding carboxylic acids is 3. The summed E-state index contributed by atoms with van der Waals surface area (Å²) in [7, 11) is 0. The van der Waals surface area contributed by atoms with Crippen molar-refractivity contribution in [3.63, 3.8) is 0 Å². The van der Waals surface area contributed by atoms with E-state index in [-0.39, 0.29) is 29.5 Å². The molecule has 0 unspecified atom stereocenters. The fourth-order valence-electron chi connectivity index (χ4n) is 4.95. The minimum atomic E-state index is -1.37. The molecule has 1 atom stereocenters. The van der Waals surface area contributed by atoms with Crippen LogP contribution < -0.4 is 15.5 Å². The molecule has 198 valence electrons. The molecule has 3 N–H and O–H groups in total. The van der Waals surface area contributed by atoms with Crippen molar-refractivity contribution in [3.8, 4) is 0 Å². The first-order valence-electron chi connectivity index (χ1n) is 12.7. The van der Waals surface area contributed by atoms with Gasteiger partial charge in [0, 0.05) is 23.4 Å². The number of nitrogens with one attached hydrogen (secondary N) is 2. The lowest BCUT2D eigenvalue weighted by molar-refractivity contribution is -0.125. The number of ketones is 1. The molecule has 0 spiro atoms. The highest BCUT2D eigenvalue weighted by molar-refractivity contribution is 6.20. The molecule has 1 aromatic heterocycles. The average Bonchev–Trinajstić information content (AvgIpc) is 3.46. The van der Waals surface area contributed by atoms with Gasteiger partial charge in [-0.2, -0.15) is 0 Å². The standard InChI is InChI=1S/C29H27N5O5/c35-24(18-8-1-2-9-18)17-34-23-14-4-3-12-21(23)25(22-13-5-6-15-30-22)32-26(27(34)36)33-29(39)31-20-11-7-10-19(16-20)28(37)38/h3-7,10-16,18,26H,1-2,8-9,17H2,(H,37,38)(H2,31,33,39)/t26-/m0/s1. The number of carbonyl (C=O) groups is 4. The fraction of sp³-hybridized carbons (Fsp3) is 0.241. The van der Waals surface area contributed by atoms with E-state index >= 15 is 0 Å². The summed E-state index contributed by atoms with van der Waals surface area (Å²) in [5, 5.41) is 14.4. The van der Waals surface area contributed by atoms with Gasteiger partial charge in [0.05, 0.1) is 29.2 Å². The van der Waals surface area contributed by atoms with Crippen LogP contribution in [0.1, 0.15) is 47.3 Å². The lowest BCUT2D eigenvalue weighted by atomic mass is 10.0. The molecule has 3 amide bonds. The number of urea groups is 1. The zero-order valence-corrected chi connectivity index (χ0v) is 21.0. The molecule has 3 aromatic rings. The summed E-state index contributed by atoms with van der Waals surface area (Å²) in [6.07, 6.45) is 3.82. The van der Waals surface area contributed by atoms with Crippen molar-refractivity contribution in [3.05, 3.63) is 89.7 Å². The number of pyridine rings is 1. The highest BCUT2D eigenvalue weighted by Gasteiger charge is 2.36. The number of amides is 3. The van der Waals surface area contributed by atoms with Crippen molar-refractivity contribution in [1.82, 2.24) is 10.3 Å². The van der Waals surface area contributed by atoms with Crippen LogP contribution >= 0.6 is 0 Å². The van der Waals surface area contributed by atoms with Crippen LogP contribution in [0.15, 0.2) is 77.9 Å². The predicted molar refractivity (Wildman–Crippen MR) is 145 cm³/mol. The molecule has 2 heterocycles. The second-order valence-electron chi connectivity index (χ2n) is 9.47. The first-order chi connectivity index (χ1) is 18.9. The lowest BCUT2D eigenvalue weighted by Crippen LogP contribution is -2.50. The van der Waals surface area contributed by atoms with E-state index in [4.69, 9.17) is 0 Å². The number of aromatic carboxylic acids is 1. The van der Waals surface area contributed by atoms with E-state index in [0.717, 1.165) is 25.7 Å². The predicted octanol–water partition coefficient (Wildman–Crippen LogP) is 3.87. The third-order valence-corrected chi connectivity index (χ3v) is 6.88. The maximum atomic E-state index is 13.9. The Morgan fingerprint density at radius 3 is 2.49 bits per heavy atom. The van der Waals surface area contributed by atoms with Crippen LogP contribution in [0.3, 0.4) is 0 Å². The molecule has 0 saturated heterocycles. The van der Waals surface area contributed by atoms with Gasteiger partial charge in [-0.3, -0.25) is 14.6 Å². The van der Waals surface area contributed by atoms with Crippen molar-refractivity contribution in [1.29, 1.82) is 0 Å². The number of nitrogens with zero attached hydrogens (tertiary/aromatic N) is 3. The molecule has 5 rings (SSSR count). The van der Waals surface area contributed by atoms with Crippen LogP contribution in [0.4, 0.5) is 16.2 Å². The van der Waals surface area contributed by atoms with E-state index in [2.05, 4.69) is 20.6 Å². The summed E-state index contributed by atoms with van der Waals surface area (Å²) in [4.78, 5) is 61.8. The van der Waals surface area contributed by atoms with Crippen LogP contribution in [0.5, 0.6) is 0 Å². The Labute approximate surface area is 224 Å². The molecular formula is C29H27N5O5. The molecule has 2 aliphatic rings. The molecule has 1 saturated carbocycles. The summed E-state index contributed by atoms with van der Waals surface area (Å²) in [6, 6.07) is 17.5. The Balaban J connectivity index is 1.49. The van der Waals surface area contributed by atoms with Gasteiger partial charge in [0.25, 0.3) is 5.91 Å². The number of fused-ring (bicyclic) bond motifs is 1. The average molecular weight is 526 g/mol.